The molecule has 0 aliphatic heterocycles. The van der Waals surface area contributed by atoms with E-state index in [9.17, 15) is 5.11 Å². The van der Waals surface area contributed by atoms with Crippen molar-refractivity contribution in [1.29, 1.82) is 0 Å². The Bertz CT molecular complexity index is 489. The fraction of sp³-hybridized carbons (Fsp3) is 0.143. The maximum Gasteiger partial charge on any atom is 0.123 e. The average molecular weight is 213 g/mol. The first-order valence-corrected chi connectivity index (χ1v) is 5.29. The van der Waals surface area contributed by atoms with Gasteiger partial charge in [0.1, 0.15) is 5.75 Å². The topological polar surface area (TPSA) is 46.2 Å². The van der Waals surface area contributed by atoms with Crippen molar-refractivity contribution in [3.05, 3.63) is 53.6 Å². The molecular weight excluding hydrogens is 198 g/mol. The van der Waals surface area contributed by atoms with Crippen LogP contribution in [0, 0.1) is 6.92 Å². The third-order valence-corrected chi connectivity index (χ3v) is 2.65. The molecule has 0 unspecified atom stereocenters. The zero-order valence-corrected chi connectivity index (χ0v) is 9.27. The van der Waals surface area contributed by atoms with E-state index in [0.717, 1.165) is 22.3 Å². The van der Waals surface area contributed by atoms with E-state index in [2.05, 4.69) is 0 Å². The summed E-state index contributed by atoms with van der Waals surface area (Å²) in [7, 11) is 0. The van der Waals surface area contributed by atoms with E-state index in [1.165, 1.54) is 0 Å². The maximum absolute atomic E-state index is 9.79. The number of hydrogen-bond acceptors (Lipinski definition) is 2. The van der Waals surface area contributed by atoms with Crippen molar-refractivity contribution in [2.75, 3.05) is 0 Å². The molecule has 0 aliphatic rings. The van der Waals surface area contributed by atoms with Crippen molar-refractivity contribution < 1.29 is 5.11 Å². The molecule has 0 aliphatic carbocycles. The minimum absolute atomic E-state index is 0.311. The van der Waals surface area contributed by atoms with Crippen molar-refractivity contribution in [3.63, 3.8) is 0 Å². The van der Waals surface area contributed by atoms with Crippen LogP contribution in [0.3, 0.4) is 0 Å². The molecule has 0 bridgehead atoms. The van der Waals surface area contributed by atoms with Gasteiger partial charge in [-0.25, -0.2) is 0 Å². The monoisotopic (exact) mass is 213 g/mol. The van der Waals surface area contributed by atoms with Gasteiger partial charge in [-0.1, -0.05) is 35.9 Å². The first-order chi connectivity index (χ1) is 7.70. The lowest BCUT2D eigenvalue weighted by Crippen LogP contribution is -1.95. The molecule has 0 aromatic heterocycles. The zero-order valence-electron chi connectivity index (χ0n) is 9.27. The first-order valence-electron chi connectivity index (χ1n) is 5.29. The average Bonchev–Trinajstić information content (AvgIpc) is 2.32. The minimum atomic E-state index is 0.311. The Morgan fingerprint density at radius 1 is 1.06 bits per heavy atom. The summed E-state index contributed by atoms with van der Waals surface area (Å²) in [5.41, 5.74) is 9.65. The van der Waals surface area contributed by atoms with Gasteiger partial charge in [0.15, 0.2) is 0 Å². The first kappa shape index (κ1) is 10.7. The molecule has 0 spiro atoms. The lowest BCUT2D eigenvalue weighted by Gasteiger charge is -2.06. The van der Waals surface area contributed by atoms with Gasteiger partial charge in [0.05, 0.1) is 0 Å². The summed E-state index contributed by atoms with van der Waals surface area (Å²) in [6, 6.07) is 13.5. The molecule has 2 rings (SSSR count). The third-order valence-electron chi connectivity index (χ3n) is 2.65. The molecule has 16 heavy (non-hydrogen) atoms. The number of phenols is 1. The van der Waals surface area contributed by atoms with Gasteiger partial charge in [-0.15, -0.1) is 0 Å². The van der Waals surface area contributed by atoms with Gasteiger partial charge in [-0.2, -0.15) is 0 Å². The highest BCUT2D eigenvalue weighted by Gasteiger charge is 2.03. The van der Waals surface area contributed by atoms with E-state index in [1.54, 1.807) is 6.07 Å². The molecule has 0 fully saturated rings. The highest BCUT2D eigenvalue weighted by Crippen LogP contribution is 2.29. The normalized spacial score (nSPS) is 10.4. The van der Waals surface area contributed by atoms with Crippen molar-refractivity contribution in [3.8, 4) is 16.9 Å². The number of nitrogens with two attached hydrogens (primary N) is 1. The second-order valence-electron chi connectivity index (χ2n) is 3.92. The summed E-state index contributed by atoms with van der Waals surface area (Å²) < 4.78 is 0. The number of rotatable bonds is 2. The highest BCUT2D eigenvalue weighted by atomic mass is 16.3. The van der Waals surface area contributed by atoms with Gasteiger partial charge in [-0.05, 0) is 30.2 Å². The Balaban J connectivity index is 2.45. The predicted molar refractivity (Wildman–Crippen MR) is 66.2 cm³/mol. The van der Waals surface area contributed by atoms with Crippen LogP contribution in [0.4, 0.5) is 0 Å². The van der Waals surface area contributed by atoms with Crippen LogP contribution in [-0.4, -0.2) is 5.11 Å². The largest absolute Gasteiger partial charge is 0.507 e. The van der Waals surface area contributed by atoms with Crippen LogP contribution in [0.25, 0.3) is 11.1 Å². The summed E-state index contributed by atoms with van der Waals surface area (Å²) in [4.78, 5) is 0. The third kappa shape index (κ3) is 2.07. The van der Waals surface area contributed by atoms with Gasteiger partial charge < -0.3 is 10.8 Å². The molecular formula is C14H15NO. The van der Waals surface area contributed by atoms with Crippen LogP contribution >= 0.6 is 0 Å². The fourth-order valence-corrected chi connectivity index (χ4v) is 1.70. The second kappa shape index (κ2) is 4.37. The van der Waals surface area contributed by atoms with Gasteiger partial charge in [0.2, 0.25) is 0 Å². The van der Waals surface area contributed by atoms with E-state index >= 15 is 0 Å². The molecule has 0 amide bonds. The zero-order chi connectivity index (χ0) is 11.5. The molecule has 2 heteroatoms. The lowest BCUT2D eigenvalue weighted by molar-refractivity contribution is 0.477. The summed E-state index contributed by atoms with van der Waals surface area (Å²) in [6.07, 6.45) is 0. The number of benzene rings is 2. The Morgan fingerprint density at radius 3 is 2.38 bits per heavy atom. The van der Waals surface area contributed by atoms with Crippen LogP contribution in [0.2, 0.25) is 0 Å². The molecule has 82 valence electrons. The van der Waals surface area contributed by atoms with Crippen LogP contribution in [0.5, 0.6) is 5.75 Å². The fourth-order valence-electron chi connectivity index (χ4n) is 1.70. The molecule has 0 saturated heterocycles. The second-order valence-corrected chi connectivity index (χ2v) is 3.92. The molecule has 0 saturated carbocycles. The Kier molecular flexibility index (Phi) is 2.93. The van der Waals surface area contributed by atoms with Crippen molar-refractivity contribution in [2.45, 2.75) is 13.5 Å². The lowest BCUT2D eigenvalue weighted by atomic mass is 10.0. The van der Waals surface area contributed by atoms with Crippen LogP contribution in [0.1, 0.15) is 11.1 Å². The summed E-state index contributed by atoms with van der Waals surface area (Å²) in [6.45, 7) is 2.55. The molecule has 0 heterocycles. The predicted octanol–water partition coefficient (Wildman–Crippen LogP) is 2.83. The Labute approximate surface area is 95.4 Å². The Hall–Kier alpha value is -1.80. The standard InChI is InChI=1S/C14H15NO/c1-10-2-7-14(16)13(8-10)12-5-3-11(9-15)4-6-12/h2-8,16H,9,15H2,1H3. The highest BCUT2D eigenvalue weighted by molar-refractivity contribution is 5.70. The Morgan fingerprint density at radius 2 is 1.75 bits per heavy atom. The summed E-state index contributed by atoms with van der Waals surface area (Å²) >= 11 is 0. The van der Waals surface area contributed by atoms with E-state index in [4.69, 9.17) is 5.73 Å². The smallest absolute Gasteiger partial charge is 0.123 e. The number of hydrogen-bond donors (Lipinski definition) is 2. The summed E-state index contributed by atoms with van der Waals surface area (Å²) in [5.74, 6) is 0.311. The van der Waals surface area contributed by atoms with E-state index < -0.39 is 0 Å². The van der Waals surface area contributed by atoms with E-state index in [-0.39, 0.29) is 0 Å². The molecule has 2 nitrogen and oxygen atoms in total. The molecule has 2 aromatic rings. The molecule has 0 atom stereocenters. The molecule has 0 radical (unpaired) electrons. The quantitative estimate of drug-likeness (QED) is 0.805. The number of aromatic hydroxyl groups is 1. The summed E-state index contributed by atoms with van der Waals surface area (Å²) in [5, 5.41) is 9.79. The van der Waals surface area contributed by atoms with Crippen molar-refractivity contribution in [2.24, 2.45) is 5.73 Å². The maximum atomic E-state index is 9.79. The van der Waals surface area contributed by atoms with Crippen LogP contribution in [0.15, 0.2) is 42.5 Å². The molecule has 3 N–H and O–H groups in total. The van der Waals surface area contributed by atoms with Gasteiger partial charge in [0, 0.05) is 12.1 Å². The van der Waals surface area contributed by atoms with Crippen molar-refractivity contribution >= 4 is 0 Å². The minimum Gasteiger partial charge on any atom is -0.507 e. The SMILES string of the molecule is Cc1ccc(O)c(-c2ccc(CN)cc2)c1. The van der Waals surface area contributed by atoms with Crippen LogP contribution < -0.4 is 5.73 Å². The van der Waals surface area contributed by atoms with Gasteiger partial charge >= 0.3 is 0 Å². The van der Waals surface area contributed by atoms with E-state index in [1.807, 2.05) is 43.3 Å². The van der Waals surface area contributed by atoms with E-state index in [0.29, 0.717) is 12.3 Å². The van der Waals surface area contributed by atoms with Gasteiger partial charge in [0.25, 0.3) is 0 Å². The number of phenolic OH excluding ortho intramolecular Hbond substituents is 1. The van der Waals surface area contributed by atoms with Crippen LogP contribution in [-0.2, 0) is 6.54 Å². The van der Waals surface area contributed by atoms with Crippen molar-refractivity contribution in [1.82, 2.24) is 0 Å². The van der Waals surface area contributed by atoms with Gasteiger partial charge in [-0.3, -0.25) is 0 Å². The molecule has 2 aromatic carbocycles. The number of aryl methyl sites for hydroxylation is 1.